The fraction of sp³-hybridized carbons (Fsp3) is 0.731. The number of hydrogen-bond donors (Lipinski definition) is 1. The average Bonchev–Trinajstić information content (AvgIpc) is 3.44. The van der Waals surface area contributed by atoms with Crippen molar-refractivity contribution in [2.45, 2.75) is 59.5 Å². The zero-order valence-corrected chi connectivity index (χ0v) is 23.0. The van der Waals surface area contributed by atoms with Gasteiger partial charge in [0.05, 0.1) is 72.1 Å². The summed E-state index contributed by atoms with van der Waals surface area (Å²) >= 11 is 0. The maximum Gasteiger partial charge on any atom is 0.253 e. The minimum atomic E-state index is -0.347. The van der Waals surface area contributed by atoms with E-state index in [1.165, 1.54) is 12.2 Å². The molecule has 12 heteroatoms. The third kappa shape index (κ3) is 14.3. The molecule has 0 aliphatic carbocycles. The topological polar surface area (TPSA) is 134 Å². The summed E-state index contributed by atoms with van der Waals surface area (Å²) in [4.78, 5) is 36.1. The number of ether oxygens (including phenoxy) is 4. The molecule has 1 aromatic heterocycles. The van der Waals surface area contributed by atoms with Crippen LogP contribution in [0.25, 0.3) is 0 Å². The Morgan fingerprint density at radius 3 is 2.05 bits per heavy atom. The zero-order valence-electron chi connectivity index (χ0n) is 23.0. The zero-order chi connectivity index (χ0) is 27.6. The normalized spacial score (nSPS) is 13.6. The molecule has 0 radical (unpaired) electrons. The van der Waals surface area contributed by atoms with Crippen LogP contribution < -0.4 is 5.32 Å². The Morgan fingerprint density at radius 1 is 0.868 bits per heavy atom. The Balaban J connectivity index is 1.32. The maximum atomic E-state index is 11.8. The van der Waals surface area contributed by atoms with Crippen molar-refractivity contribution in [3.63, 3.8) is 0 Å². The highest BCUT2D eigenvalue weighted by molar-refractivity contribution is 6.12. The number of carbonyl (C=O) groups excluding carboxylic acids is 3. The van der Waals surface area contributed by atoms with Crippen molar-refractivity contribution < 1.29 is 33.3 Å². The van der Waals surface area contributed by atoms with Crippen molar-refractivity contribution in [2.75, 3.05) is 59.4 Å². The number of amides is 3. The molecule has 0 atom stereocenters. The van der Waals surface area contributed by atoms with E-state index in [2.05, 4.69) is 36.4 Å². The van der Waals surface area contributed by atoms with Gasteiger partial charge in [-0.25, -0.2) is 4.68 Å². The van der Waals surface area contributed by atoms with E-state index in [0.717, 1.165) is 30.7 Å². The van der Waals surface area contributed by atoms with Gasteiger partial charge >= 0.3 is 0 Å². The lowest BCUT2D eigenvalue weighted by Crippen LogP contribution is -2.29. The van der Waals surface area contributed by atoms with Crippen molar-refractivity contribution in [2.24, 2.45) is 5.41 Å². The minimum absolute atomic E-state index is 0.0222. The van der Waals surface area contributed by atoms with Gasteiger partial charge in [-0.15, -0.1) is 5.10 Å². The Morgan fingerprint density at radius 2 is 1.45 bits per heavy atom. The summed E-state index contributed by atoms with van der Waals surface area (Å²) in [6.45, 7) is 11.5. The molecule has 0 spiro atoms. The van der Waals surface area contributed by atoms with Crippen LogP contribution in [0.3, 0.4) is 0 Å². The van der Waals surface area contributed by atoms with E-state index >= 15 is 0 Å². The van der Waals surface area contributed by atoms with Gasteiger partial charge < -0.3 is 24.3 Å². The number of rotatable bonds is 21. The van der Waals surface area contributed by atoms with Gasteiger partial charge in [0.2, 0.25) is 5.91 Å². The average molecular weight is 538 g/mol. The van der Waals surface area contributed by atoms with Crippen LogP contribution in [-0.4, -0.2) is 97.0 Å². The number of imide groups is 1. The molecule has 2 heterocycles. The molecule has 1 aliphatic heterocycles. The van der Waals surface area contributed by atoms with E-state index < -0.39 is 0 Å². The van der Waals surface area contributed by atoms with Crippen LogP contribution in [0, 0.1) is 5.41 Å². The van der Waals surface area contributed by atoms with Crippen LogP contribution in [0.1, 0.15) is 52.1 Å². The lowest BCUT2D eigenvalue weighted by atomic mass is 9.90. The summed E-state index contributed by atoms with van der Waals surface area (Å²) < 4.78 is 23.5. The molecule has 1 aliphatic rings. The summed E-state index contributed by atoms with van der Waals surface area (Å²) in [6, 6.07) is 0. The number of nitrogens with one attached hydrogen (secondary N) is 1. The molecule has 0 saturated carbocycles. The second-order valence-electron chi connectivity index (χ2n) is 10.1. The van der Waals surface area contributed by atoms with Crippen molar-refractivity contribution in [3.05, 3.63) is 24.0 Å². The van der Waals surface area contributed by atoms with Gasteiger partial charge in [-0.1, -0.05) is 32.4 Å². The van der Waals surface area contributed by atoms with Crippen molar-refractivity contribution in [3.8, 4) is 0 Å². The van der Waals surface area contributed by atoms with E-state index in [9.17, 15) is 14.4 Å². The quantitative estimate of drug-likeness (QED) is 0.183. The van der Waals surface area contributed by atoms with Gasteiger partial charge in [0.15, 0.2) is 0 Å². The molecular formula is C26H43N5O7. The standard InChI is InChI=1S/C26H43N5O7/c1-26(2,3)9-4-5-10-27-23(32)8-12-35-14-16-37-18-19-38-17-15-36-13-11-30-20-22(28-29-30)21-31-24(33)6-7-25(31)34/h6-7,20H,4-5,8-19,21H2,1-3H3,(H,27,32). The molecule has 214 valence electrons. The highest BCUT2D eigenvalue weighted by Gasteiger charge is 2.24. The van der Waals surface area contributed by atoms with Gasteiger partial charge in [0.25, 0.3) is 11.8 Å². The van der Waals surface area contributed by atoms with Crippen LogP contribution in [-0.2, 0) is 46.4 Å². The monoisotopic (exact) mass is 537 g/mol. The second-order valence-corrected chi connectivity index (χ2v) is 10.1. The molecule has 12 nitrogen and oxygen atoms in total. The molecule has 1 aromatic rings. The molecule has 3 amide bonds. The first-order valence-corrected chi connectivity index (χ1v) is 13.2. The van der Waals surface area contributed by atoms with Gasteiger partial charge in [0, 0.05) is 25.1 Å². The van der Waals surface area contributed by atoms with Gasteiger partial charge in [-0.3, -0.25) is 19.3 Å². The van der Waals surface area contributed by atoms with Gasteiger partial charge in [0.1, 0.15) is 5.69 Å². The molecule has 0 bridgehead atoms. The van der Waals surface area contributed by atoms with Crippen molar-refractivity contribution in [1.82, 2.24) is 25.2 Å². The highest BCUT2D eigenvalue weighted by Crippen LogP contribution is 2.21. The fourth-order valence-electron chi connectivity index (χ4n) is 3.45. The van der Waals surface area contributed by atoms with Crippen LogP contribution in [0.4, 0.5) is 0 Å². The van der Waals surface area contributed by atoms with E-state index in [1.54, 1.807) is 10.9 Å². The molecule has 1 N–H and O–H groups in total. The summed E-state index contributed by atoms with van der Waals surface area (Å²) in [6.07, 6.45) is 7.81. The largest absolute Gasteiger partial charge is 0.379 e. The SMILES string of the molecule is CC(C)(C)CCCCNC(=O)CCOCCOCCOCCOCCn1cc(CN2C(=O)C=CC2=O)nn1. The summed E-state index contributed by atoms with van der Waals surface area (Å²) in [5, 5.41) is 10.9. The highest BCUT2D eigenvalue weighted by atomic mass is 16.6. The number of hydrogen-bond acceptors (Lipinski definition) is 9. The number of aromatic nitrogens is 3. The van der Waals surface area contributed by atoms with E-state index in [1.807, 2.05) is 0 Å². The first kappa shape index (κ1) is 31.5. The fourth-order valence-corrected chi connectivity index (χ4v) is 3.45. The van der Waals surface area contributed by atoms with E-state index in [4.69, 9.17) is 18.9 Å². The molecule has 38 heavy (non-hydrogen) atoms. The van der Waals surface area contributed by atoms with Crippen molar-refractivity contribution >= 4 is 17.7 Å². The summed E-state index contributed by atoms with van der Waals surface area (Å²) in [5.74, 6) is -0.671. The lowest BCUT2D eigenvalue weighted by Gasteiger charge is -2.17. The van der Waals surface area contributed by atoms with Crippen LogP contribution >= 0.6 is 0 Å². The molecule has 2 rings (SSSR count). The number of nitrogens with zero attached hydrogens (tertiary/aromatic N) is 4. The van der Waals surface area contributed by atoms with E-state index in [-0.39, 0.29) is 24.3 Å². The first-order chi connectivity index (χ1) is 18.2. The predicted octanol–water partition coefficient (Wildman–Crippen LogP) is 1.49. The predicted molar refractivity (Wildman–Crippen MR) is 139 cm³/mol. The van der Waals surface area contributed by atoms with Gasteiger partial charge in [-0.05, 0) is 18.3 Å². The molecule has 0 aromatic carbocycles. The van der Waals surface area contributed by atoms with Crippen molar-refractivity contribution in [1.29, 1.82) is 0 Å². The smallest absolute Gasteiger partial charge is 0.253 e. The minimum Gasteiger partial charge on any atom is -0.379 e. The number of carbonyl (C=O) groups is 3. The Kier molecular flexibility index (Phi) is 14.8. The summed E-state index contributed by atoms with van der Waals surface area (Å²) in [7, 11) is 0. The first-order valence-electron chi connectivity index (χ1n) is 13.2. The van der Waals surface area contributed by atoms with E-state index in [0.29, 0.717) is 76.9 Å². The Labute approximate surface area is 225 Å². The third-order valence-electron chi connectivity index (χ3n) is 5.54. The van der Waals surface area contributed by atoms with Crippen LogP contribution in [0.5, 0.6) is 0 Å². The molecular weight excluding hydrogens is 494 g/mol. The van der Waals surface area contributed by atoms with Crippen LogP contribution in [0.15, 0.2) is 18.3 Å². The molecule has 0 fully saturated rings. The van der Waals surface area contributed by atoms with Gasteiger partial charge in [-0.2, -0.15) is 0 Å². The maximum absolute atomic E-state index is 11.8. The number of unbranched alkanes of at least 4 members (excludes halogenated alkanes) is 1. The Hall–Kier alpha value is -2.67. The molecule has 0 saturated heterocycles. The lowest BCUT2D eigenvalue weighted by molar-refractivity contribution is -0.137. The third-order valence-corrected chi connectivity index (χ3v) is 5.54. The summed E-state index contributed by atoms with van der Waals surface area (Å²) in [5.41, 5.74) is 0.877. The van der Waals surface area contributed by atoms with Crippen LogP contribution in [0.2, 0.25) is 0 Å². The second kappa shape index (κ2) is 17.8. The Bertz CT molecular complexity index is 864. The molecule has 0 unspecified atom stereocenters.